The molecule has 0 amide bonds. The Morgan fingerprint density at radius 3 is 2.25 bits per heavy atom. The Kier molecular flexibility index (Phi) is 1.43. The lowest BCUT2D eigenvalue weighted by molar-refractivity contribution is 0.508. The highest BCUT2D eigenvalue weighted by atomic mass is 79.9. The Labute approximate surface area is 56.8 Å². The Morgan fingerprint density at radius 1 is 1.50 bits per heavy atom. The zero-order valence-electron chi connectivity index (χ0n) is 4.86. The summed E-state index contributed by atoms with van der Waals surface area (Å²) in [5.74, 6) is 0.983. The van der Waals surface area contributed by atoms with Gasteiger partial charge in [-0.05, 0) is 41.4 Å². The number of aryl methyl sites for hydroxylation is 2. The molecule has 0 saturated carbocycles. The van der Waals surface area contributed by atoms with Gasteiger partial charge >= 0.3 is 0 Å². The van der Waals surface area contributed by atoms with E-state index in [2.05, 4.69) is 15.9 Å². The van der Waals surface area contributed by atoms with Crippen LogP contribution in [0.2, 0.25) is 0 Å². The molecule has 0 unspecified atom stereocenters. The number of halogens is 1. The van der Waals surface area contributed by atoms with E-state index in [0.29, 0.717) is 0 Å². The Hall–Kier alpha value is -0.240. The smallest absolute Gasteiger partial charge is 0.169 e. The largest absolute Gasteiger partial charge is 0.454 e. The van der Waals surface area contributed by atoms with Gasteiger partial charge in [-0.3, -0.25) is 0 Å². The maximum absolute atomic E-state index is 5.13. The van der Waals surface area contributed by atoms with Gasteiger partial charge in [-0.25, -0.2) is 0 Å². The summed E-state index contributed by atoms with van der Waals surface area (Å²) in [6, 6.07) is 1.95. The van der Waals surface area contributed by atoms with Crippen LogP contribution < -0.4 is 0 Å². The van der Waals surface area contributed by atoms with Gasteiger partial charge in [0.05, 0.1) is 0 Å². The van der Waals surface area contributed by atoms with Crippen LogP contribution in [-0.2, 0) is 0 Å². The van der Waals surface area contributed by atoms with Crippen LogP contribution in [-0.4, -0.2) is 0 Å². The van der Waals surface area contributed by atoms with Crippen LogP contribution in [0.1, 0.15) is 11.3 Å². The second-order valence-corrected chi connectivity index (χ2v) is 2.57. The predicted octanol–water partition coefficient (Wildman–Crippen LogP) is 2.66. The third kappa shape index (κ3) is 0.944. The summed E-state index contributed by atoms with van der Waals surface area (Å²) < 4.78 is 5.94. The molecule has 0 radical (unpaired) electrons. The molecule has 0 bridgehead atoms. The standard InChI is InChI=1S/C6H7BrO/c1-4-3-6(7)8-5(4)2/h3H,1-2H3. The first-order valence-corrected chi connectivity index (χ1v) is 3.22. The molecule has 1 nitrogen and oxygen atoms in total. The second-order valence-electron chi connectivity index (χ2n) is 1.79. The van der Waals surface area contributed by atoms with E-state index in [0.717, 1.165) is 10.4 Å². The van der Waals surface area contributed by atoms with E-state index in [4.69, 9.17) is 4.42 Å². The van der Waals surface area contributed by atoms with Crippen LogP contribution in [0.15, 0.2) is 15.2 Å². The summed E-state index contributed by atoms with van der Waals surface area (Å²) in [5, 5.41) is 0. The topological polar surface area (TPSA) is 13.1 Å². The van der Waals surface area contributed by atoms with Gasteiger partial charge in [0, 0.05) is 0 Å². The minimum Gasteiger partial charge on any atom is -0.454 e. The number of rotatable bonds is 0. The molecule has 0 atom stereocenters. The lowest BCUT2D eigenvalue weighted by Gasteiger charge is -1.79. The van der Waals surface area contributed by atoms with E-state index in [9.17, 15) is 0 Å². The SMILES string of the molecule is Cc1cc(Br)oc1C. The molecule has 8 heavy (non-hydrogen) atoms. The van der Waals surface area contributed by atoms with Crippen LogP contribution in [0.3, 0.4) is 0 Å². The van der Waals surface area contributed by atoms with Crippen molar-refractivity contribution in [3.05, 3.63) is 22.1 Å². The van der Waals surface area contributed by atoms with Crippen LogP contribution in [0.25, 0.3) is 0 Å². The molecule has 0 N–H and O–H groups in total. The quantitative estimate of drug-likeness (QED) is 0.590. The Balaban J connectivity index is 3.14. The molecule has 1 aromatic heterocycles. The van der Waals surface area contributed by atoms with Crippen molar-refractivity contribution in [2.75, 3.05) is 0 Å². The molecule has 0 fully saturated rings. The molecule has 0 saturated heterocycles. The summed E-state index contributed by atoms with van der Waals surface area (Å²) in [4.78, 5) is 0. The van der Waals surface area contributed by atoms with Gasteiger partial charge in [0.25, 0.3) is 0 Å². The van der Waals surface area contributed by atoms with E-state index in [1.807, 2.05) is 19.9 Å². The van der Waals surface area contributed by atoms with Crippen molar-refractivity contribution in [1.29, 1.82) is 0 Å². The summed E-state index contributed by atoms with van der Waals surface area (Å²) in [6.45, 7) is 3.96. The average Bonchev–Trinajstić information content (AvgIpc) is 1.85. The van der Waals surface area contributed by atoms with Crippen molar-refractivity contribution in [3.8, 4) is 0 Å². The molecule has 2 heteroatoms. The van der Waals surface area contributed by atoms with E-state index in [-0.39, 0.29) is 0 Å². The maximum atomic E-state index is 5.13. The molecule has 1 rings (SSSR count). The molecular weight excluding hydrogens is 168 g/mol. The van der Waals surface area contributed by atoms with Gasteiger partial charge in [-0.15, -0.1) is 0 Å². The van der Waals surface area contributed by atoms with Gasteiger partial charge in [0.1, 0.15) is 5.76 Å². The molecule has 0 aliphatic rings. The summed E-state index contributed by atoms with van der Waals surface area (Å²) in [5.41, 5.74) is 1.19. The van der Waals surface area contributed by atoms with Crippen molar-refractivity contribution >= 4 is 15.9 Å². The highest BCUT2D eigenvalue weighted by Gasteiger charge is 1.96. The molecule has 1 heterocycles. The van der Waals surface area contributed by atoms with Gasteiger partial charge in [0.2, 0.25) is 0 Å². The van der Waals surface area contributed by atoms with Crippen LogP contribution in [0, 0.1) is 13.8 Å². The zero-order chi connectivity index (χ0) is 6.15. The normalized spacial score (nSPS) is 9.88. The first-order chi connectivity index (χ1) is 3.70. The summed E-state index contributed by atoms with van der Waals surface area (Å²) in [6.07, 6.45) is 0. The fourth-order valence-corrected chi connectivity index (χ4v) is 1.11. The molecular formula is C6H7BrO. The van der Waals surface area contributed by atoms with Crippen molar-refractivity contribution in [2.45, 2.75) is 13.8 Å². The fourth-order valence-electron chi connectivity index (χ4n) is 0.528. The third-order valence-electron chi connectivity index (χ3n) is 1.14. The van der Waals surface area contributed by atoms with Crippen molar-refractivity contribution in [3.63, 3.8) is 0 Å². The van der Waals surface area contributed by atoms with Crippen molar-refractivity contribution < 1.29 is 4.42 Å². The first-order valence-electron chi connectivity index (χ1n) is 2.42. The zero-order valence-corrected chi connectivity index (χ0v) is 6.45. The van der Waals surface area contributed by atoms with E-state index in [1.54, 1.807) is 0 Å². The molecule has 0 spiro atoms. The predicted molar refractivity (Wildman–Crippen MR) is 35.9 cm³/mol. The summed E-state index contributed by atoms with van der Waals surface area (Å²) in [7, 11) is 0. The lowest BCUT2D eigenvalue weighted by Crippen LogP contribution is -1.63. The average molecular weight is 175 g/mol. The van der Waals surface area contributed by atoms with Gasteiger partial charge in [-0.2, -0.15) is 0 Å². The van der Waals surface area contributed by atoms with Crippen molar-refractivity contribution in [1.82, 2.24) is 0 Å². The number of hydrogen-bond donors (Lipinski definition) is 0. The van der Waals surface area contributed by atoms with E-state index < -0.39 is 0 Å². The van der Waals surface area contributed by atoms with Gasteiger partial charge < -0.3 is 4.42 Å². The summed E-state index contributed by atoms with van der Waals surface area (Å²) >= 11 is 3.22. The van der Waals surface area contributed by atoms with Crippen LogP contribution >= 0.6 is 15.9 Å². The molecule has 1 aromatic rings. The molecule has 0 aliphatic heterocycles. The number of furan rings is 1. The van der Waals surface area contributed by atoms with Crippen molar-refractivity contribution in [2.24, 2.45) is 0 Å². The molecule has 0 aliphatic carbocycles. The number of hydrogen-bond acceptors (Lipinski definition) is 1. The Bertz CT molecular complexity index is 171. The molecule has 44 valence electrons. The second kappa shape index (κ2) is 1.94. The minimum absolute atomic E-state index is 0.813. The van der Waals surface area contributed by atoms with E-state index >= 15 is 0 Å². The highest BCUT2D eigenvalue weighted by Crippen LogP contribution is 2.17. The maximum Gasteiger partial charge on any atom is 0.169 e. The molecule has 0 aromatic carbocycles. The monoisotopic (exact) mass is 174 g/mol. The Morgan fingerprint density at radius 2 is 2.12 bits per heavy atom. The van der Waals surface area contributed by atoms with Gasteiger partial charge in [-0.1, -0.05) is 0 Å². The van der Waals surface area contributed by atoms with E-state index in [1.165, 1.54) is 5.56 Å². The lowest BCUT2D eigenvalue weighted by atomic mass is 10.3. The van der Waals surface area contributed by atoms with Gasteiger partial charge in [0.15, 0.2) is 4.67 Å². The third-order valence-corrected chi connectivity index (χ3v) is 1.53. The minimum atomic E-state index is 0.813. The van der Waals surface area contributed by atoms with Crippen LogP contribution in [0.5, 0.6) is 0 Å². The van der Waals surface area contributed by atoms with Crippen LogP contribution in [0.4, 0.5) is 0 Å². The fraction of sp³-hybridized carbons (Fsp3) is 0.333. The first kappa shape index (κ1) is 5.89. The highest BCUT2D eigenvalue weighted by molar-refractivity contribution is 9.10.